The van der Waals surface area contributed by atoms with Gasteiger partial charge in [0.1, 0.15) is 9.96 Å². The number of amides is 1. The average molecular weight is 401 g/mol. The first-order valence-electron chi connectivity index (χ1n) is 7.73. The number of carbonyl (C=O) groups is 1. The van der Waals surface area contributed by atoms with E-state index in [0.717, 1.165) is 11.3 Å². The van der Waals surface area contributed by atoms with E-state index in [1.807, 2.05) is 0 Å². The second kappa shape index (κ2) is 8.02. The lowest BCUT2D eigenvalue weighted by Crippen LogP contribution is -2.17. The fourth-order valence-corrected chi connectivity index (χ4v) is 4.18. The number of nitrogens with one attached hydrogen (secondary N) is 2. The molecule has 0 bridgehead atoms. The van der Waals surface area contributed by atoms with Crippen molar-refractivity contribution < 1.29 is 18.3 Å². The van der Waals surface area contributed by atoms with Gasteiger partial charge in [0.25, 0.3) is 15.9 Å². The number of sulfonamides is 1. The smallest absolute Gasteiger partial charge is 0.271 e. The van der Waals surface area contributed by atoms with Crippen LogP contribution >= 0.6 is 11.3 Å². The number of thiophene rings is 1. The molecule has 0 aliphatic rings. The maximum Gasteiger partial charge on any atom is 0.271 e. The van der Waals surface area contributed by atoms with Crippen molar-refractivity contribution >= 4 is 39.2 Å². The Labute approximate surface area is 160 Å². The van der Waals surface area contributed by atoms with Crippen LogP contribution in [0, 0.1) is 0 Å². The number of benzene rings is 2. The molecule has 138 valence electrons. The largest absolute Gasteiger partial charge is 0.507 e. The lowest BCUT2D eigenvalue weighted by molar-refractivity contribution is 0.0955. The minimum atomic E-state index is -3.63. The number of para-hydroxylation sites is 1. The summed E-state index contributed by atoms with van der Waals surface area (Å²) >= 11 is 1.12. The topological polar surface area (TPSA) is 108 Å². The molecule has 3 rings (SSSR count). The van der Waals surface area contributed by atoms with Gasteiger partial charge in [0.05, 0.1) is 6.21 Å². The van der Waals surface area contributed by atoms with E-state index in [0.29, 0.717) is 16.8 Å². The second-order valence-corrected chi connectivity index (χ2v) is 8.23. The van der Waals surface area contributed by atoms with E-state index in [2.05, 4.69) is 15.2 Å². The molecule has 1 amide bonds. The van der Waals surface area contributed by atoms with E-state index in [4.69, 9.17) is 0 Å². The van der Waals surface area contributed by atoms with Gasteiger partial charge in [0.15, 0.2) is 0 Å². The van der Waals surface area contributed by atoms with E-state index in [1.54, 1.807) is 29.6 Å². The van der Waals surface area contributed by atoms with Crippen molar-refractivity contribution in [3.63, 3.8) is 0 Å². The van der Waals surface area contributed by atoms with Gasteiger partial charge in [-0.15, -0.1) is 11.3 Å². The normalized spacial score (nSPS) is 11.4. The van der Waals surface area contributed by atoms with Crippen molar-refractivity contribution in [2.75, 3.05) is 4.72 Å². The molecule has 0 radical (unpaired) electrons. The third-order valence-electron chi connectivity index (χ3n) is 3.47. The molecule has 1 aromatic heterocycles. The minimum absolute atomic E-state index is 0.0536. The van der Waals surface area contributed by atoms with Crippen molar-refractivity contribution in [1.29, 1.82) is 0 Å². The highest BCUT2D eigenvalue weighted by Crippen LogP contribution is 2.20. The Morgan fingerprint density at radius 2 is 1.78 bits per heavy atom. The number of phenols is 1. The van der Waals surface area contributed by atoms with Gasteiger partial charge in [-0.25, -0.2) is 13.8 Å². The number of hydrazone groups is 1. The van der Waals surface area contributed by atoms with Crippen LogP contribution in [0.25, 0.3) is 0 Å². The third-order valence-corrected chi connectivity index (χ3v) is 6.24. The molecule has 9 heteroatoms. The summed E-state index contributed by atoms with van der Waals surface area (Å²) in [7, 11) is -3.63. The van der Waals surface area contributed by atoms with E-state index in [9.17, 15) is 18.3 Å². The summed E-state index contributed by atoms with van der Waals surface area (Å²) in [6, 6.07) is 15.7. The van der Waals surface area contributed by atoms with Crippen LogP contribution in [0.2, 0.25) is 0 Å². The minimum Gasteiger partial charge on any atom is -0.507 e. The summed E-state index contributed by atoms with van der Waals surface area (Å²) in [4.78, 5) is 12.1. The van der Waals surface area contributed by atoms with Crippen molar-refractivity contribution in [1.82, 2.24) is 5.43 Å². The second-order valence-electron chi connectivity index (χ2n) is 5.37. The zero-order chi connectivity index (χ0) is 19.3. The molecule has 0 fully saturated rings. The zero-order valence-electron chi connectivity index (χ0n) is 13.9. The SMILES string of the molecule is O=C(N/N=C/c1ccccc1O)c1ccc(NS(=O)(=O)c2cccs2)cc1. The number of hydrogen-bond acceptors (Lipinski definition) is 6. The van der Waals surface area contributed by atoms with Gasteiger partial charge < -0.3 is 5.11 Å². The number of aromatic hydroxyl groups is 1. The Kier molecular flexibility index (Phi) is 5.53. The zero-order valence-corrected chi connectivity index (χ0v) is 15.5. The first kappa shape index (κ1) is 18.6. The highest BCUT2D eigenvalue weighted by molar-refractivity contribution is 7.94. The molecule has 0 saturated heterocycles. The average Bonchev–Trinajstić information content (AvgIpc) is 3.19. The predicted octanol–water partition coefficient (Wildman–Crippen LogP) is 3.02. The summed E-state index contributed by atoms with van der Waals surface area (Å²) in [5.74, 6) is -0.410. The molecule has 3 N–H and O–H groups in total. The van der Waals surface area contributed by atoms with E-state index in [1.165, 1.54) is 42.6 Å². The van der Waals surface area contributed by atoms with Crippen molar-refractivity contribution in [3.8, 4) is 5.75 Å². The molecule has 1 heterocycles. The molecule has 2 aromatic carbocycles. The summed E-state index contributed by atoms with van der Waals surface area (Å²) in [5.41, 5.74) is 3.47. The number of carbonyl (C=O) groups excluding carboxylic acids is 1. The standard InChI is InChI=1S/C18H15N3O4S2/c22-16-5-2-1-4-14(16)12-19-20-18(23)13-7-9-15(10-8-13)21-27(24,25)17-6-3-11-26-17/h1-12,21-22H,(H,20,23)/b19-12+. The van der Waals surface area contributed by atoms with E-state index >= 15 is 0 Å². The van der Waals surface area contributed by atoms with Crippen LogP contribution in [0.15, 0.2) is 75.4 Å². The maximum atomic E-state index is 12.2. The van der Waals surface area contributed by atoms with Crippen molar-refractivity contribution in [3.05, 3.63) is 77.2 Å². The van der Waals surface area contributed by atoms with Crippen LogP contribution in [-0.2, 0) is 10.0 Å². The molecule has 0 unspecified atom stereocenters. The van der Waals surface area contributed by atoms with Crippen molar-refractivity contribution in [2.24, 2.45) is 5.10 Å². The Hall–Kier alpha value is -3.17. The predicted molar refractivity (Wildman–Crippen MR) is 105 cm³/mol. The number of hydrogen-bond donors (Lipinski definition) is 3. The molecule has 0 aliphatic carbocycles. The summed E-state index contributed by atoms with van der Waals surface area (Å²) in [6.07, 6.45) is 1.33. The Morgan fingerprint density at radius 3 is 2.44 bits per heavy atom. The maximum absolute atomic E-state index is 12.2. The van der Waals surface area contributed by atoms with Gasteiger partial charge in [0.2, 0.25) is 0 Å². The molecular weight excluding hydrogens is 386 g/mol. The molecule has 0 spiro atoms. The van der Waals surface area contributed by atoms with Gasteiger partial charge in [-0.1, -0.05) is 18.2 Å². The van der Waals surface area contributed by atoms with Crippen LogP contribution in [-0.4, -0.2) is 25.6 Å². The highest BCUT2D eigenvalue weighted by Gasteiger charge is 2.15. The molecule has 7 nitrogen and oxygen atoms in total. The van der Waals surface area contributed by atoms with Gasteiger partial charge in [-0.2, -0.15) is 5.10 Å². The Bertz CT molecular complexity index is 1060. The Morgan fingerprint density at radius 1 is 1.04 bits per heavy atom. The molecule has 0 atom stereocenters. The third kappa shape index (κ3) is 4.72. The van der Waals surface area contributed by atoms with Crippen LogP contribution in [0.5, 0.6) is 5.75 Å². The number of phenolic OH excluding ortho intramolecular Hbond substituents is 1. The lowest BCUT2D eigenvalue weighted by atomic mass is 10.2. The fraction of sp³-hybridized carbons (Fsp3) is 0. The molecule has 0 saturated carbocycles. The highest BCUT2D eigenvalue weighted by atomic mass is 32.2. The van der Waals surface area contributed by atoms with E-state index in [-0.39, 0.29) is 9.96 Å². The quantitative estimate of drug-likeness (QED) is 0.436. The van der Waals surface area contributed by atoms with Gasteiger partial charge in [0, 0.05) is 16.8 Å². The number of anilines is 1. The molecule has 3 aromatic rings. The summed E-state index contributed by atoms with van der Waals surface area (Å²) in [6.45, 7) is 0. The number of nitrogens with zero attached hydrogens (tertiary/aromatic N) is 1. The van der Waals surface area contributed by atoms with Gasteiger partial charge >= 0.3 is 0 Å². The first-order valence-corrected chi connectivity index (χ1v) is 10.1. The van der Waals surface area contributed by atoms with Gasteiger partial charge in [-0.05, 0) is 47.8 Å². The van der Waals surface area contributed by atoms with Crippen LogP contribution in [0.1, 0.15) is 15.9 Å². The molecule has 0 aliphatic heterocycles. The lowest BCUT2D eigenvalue weighted by Gasteiger charge is -2.07. The fourth-order valence-electron chi connectivity index (χ4n) is 2.13. The van der Waals surface area contributed by atoms with Crippen molar-refractivity contribution in [2.45, 2.75) is 4.21 Å². The Balaban J connectivity index is 1.63. The molecular formula is C18H15N3O4S2. The van der Waals surface area contributed by atoms with Gasteiger partial charge in [-0.3, -0.25) is 9.52 Å². The van der Waals surface area contributed by atoms with Crippen LogP contribution in [0.3, 0.4) is 0 Å². The summed E-state index contributed by atoms with van der Waals surface area (Å²) in [5, 5.41) is 15.1. The monoisotopic (exact) mass is 401 g/mol. The first-order chi connectivity index (χ1) is 13.0. The molecule has 27 heavy (non-hydrogen) atoms. The summed E-state index contributed by atoms with van der Waals surface area (Å²) < 4.78 is 27.0. The number of rotatable bonds is 6. The van der Waals surface area contributed by atoms with Crippen LogP contribution in [0.4, 0.5) is 5.69 Å². The van der Waals surface area contributed by atoms with E-state index < -0.39 is 15.9 Å². The van der Waals surface area contributed by atoms with Crippen LogP contribution < -0.4 is 10.1 Å².